The Bertz CT molecular complexity index is 759. The molecule has 0 atom stereocenters. The molecule has 0 saturated carbocycles. The number of piperazine rings is 1. The molecular weight excluding hydrogens is 330 g/mol. The third-order valence-electron chi connectivity index (χ3n) is 3.82. The van der Waals surface area contributed by atoms with E-state index in [4.69, 9.17) is 4.52 Å². The Morgan fingerprint density at radius 1 is 1.26 bits per heavy atom. The number of hydrogen-bond donors (Lipinski definition) is 0. The fourth-order valence-electron chi connectivity index (χ4n) is 2.60. The summed E-state index contributed by atoms with van der Waals surface area (Å²) >= 11 is 3.38. The van der Waals surface area contributed by atoms with Crippen molar-refractivity contribution in [3.63, 3.8) is 0 Å². The first kappa shape index (κ1) is 14.8. The Balaban J connectivity index is 1.34. The standard InChI is InChI=1S/C15H17N5OS2/c1-11-9-16-15(23-11)20-6-4-19(5-7-20)10-13-17-14(18-21-13)12-3-2-8-22-12/h2-3,8-9H,4-7,10H2,1H3. The maximum Gasteiger partial charge on any atom is 0.241 e. The average Bonchev–Trinajstić information content (AvgIpc) is 3.28. The van der Waals surface area contributed by atoms with Crippen LogP contribution in [-0.2, 0) is 6.54 Å². The molecule has 0 aromatic carbocycles. The number of aromatic nitrogens is 3. The summed E-state index contributed by atoms with van der Waals surface area (Å²) in [7, 11) is 0. The zero-order valence-corrected chi connectivity index (χ0v) is 14.4. The zero-order valence-electron chi connectivity index (χ0n) is 12.8. The van der Waals surface area contributed by atoms with Crippen LogP contribution >= 0.6 is 22.7 Å². The monoisotopic (exact) mass is 347 g/mol. The van der Waals surface area contributed by atoms with Gasteiger partial charge in [0.15, 0.2) is 5.13 Å². The van der Waals surface area contributed by atoms with E-state index >= 15 is 0 Å². The minimum Gasteiger partial charge on any atom is -0.346 e. The largest absolute Gasteiger partial charge is 0.346 e. The van der Waals surface area contributed by atoms with E-state index in [1.807, 2.05) is 23.7 Å². The molecule has 0 spiro atoms. The van der Waals surface area contributed by atoms with Crippen molar-refractivity contribution in [2.75, 3.05) is 31.1 Å². The summed E-state index contributed by atoms with van der Waals surface area (Å²) in [4.78, 5) is 16.0. The molecule has 1 aliphatic heterocycles. The number of hydrogen-bond acceptors (Lipinski definition) is 8. The third-order valence-corrected chi connectivity index (χ3v) is 5.66. The van der Waals surface area contributed by atoms with Crippen LogP contribution in [0.5, 0.6) is 0 Å². The molecule has 8 heteroatoms. The van der Waals surface area contributed by atoms with Crippen LogP contribution in [0.2, 0.25) is 0 Å². The Hall–Kier alpha value is -1.77. The molecule has 1 fully saturated rings. The molecule has 3 aromatic rings. The van der Waals surface area contributed by atoms with E-state index in [0.29, 0.717) is 18.3 Å². The average molecular weight is 347 g/mol. The molecule has 3 aromatic heterocycles. The lowest BCUT2D eigenvalue weighted by atomic mass is 10.3. The van der Waals surface area contributed by atoms with Crippen molar-refractivity contribution in [3.05, 3.63) is 34.5 Å². The summed E-state index contributed by atoms with van der Waals surface area (Å²) in [5.41, 5.74) is 0. The van der Waals surface area contributed by atoms with Crippen molar-refractivity contribution in [1.29, 1.82) is 0 Å². The molecular formula is C15H17N5OS2. The molecule has 120 valence electrons. The summed E-state index contributed by atoms with van der Waals surface area (Å²) in [5, 5.41) is 7.21. The number of nitrogens with zero attached hydrogens (tertiary/aromatic N) is 5. The molecule has 1 saturated heterocycles. The lowest BCUT2D eigenvalue weighted by Gasteiger charge is -2.33. The van der Waals surface area contributed by atoms with Crippen molar-refractivity contribution in [2.24, 2.45) is 0 Å². The summed E-state index contributed by atoms with van der Waals surface area (Å²) in [6.45, 7) is 6.74. The van der Waals surface area contributed by atoms with Gasteiger partial charge in [0.1, 0.15) is 0 Å². The Morgan fingerprint density at radius 2 is 2.13 bits per heavy atom. The van der Waals surface area contributed by atoms with Gasteiger partial charge in [-0.2, -0.15) is 4.98 Å². The van der Waals surface area contributed by atoms with Crippen LogP contribution in [0, 0.1) is 6.92 Å². The smallest absolute Gasteiger partial charge is 0.241 e. The second-order valence-corrected chi connectivity index (χ2v) is 7.67. The first-order valence-corrected chi connectivity index (χ1v) is 9.24. The summed E-state index contributed by atoms with van der Waals surface area (Å²) < 4.78 is 5.39. The molecule has 0 radical (unpaired) electrons. The highest BCUT2D eigenvalue weighted by atomic mass is 32.1. The van der Waals surface area contributed by atoms with E-state index in [9.17, 15) is 0 Å². The maximum atomic E-state index is 5.39. The minimum absolute atomic E-state index is 0.687. The predicted octanol–water partition coefficient (Wildman–Crippen LogP) is 2.89. The van der Waals surface area contributed by atoms with Crippen molar-refractivity contribution in [3.8, 4) is 10.7 Å². The fraction of sp³-hybridized carbons (Fsp3) is 0.400. The number of thiazole rings is 1. The minimum atomic E-state index is 0.687. The molecule has 0 unspecified atom stereocenters. The molecule has 1 aliphatic rings. The Morgan fingerprint density at radius 3 is 2.83 bits per heavy atom. The number of thiophene rings is 1. The van der Waals surface area contributed by atoms with E-state index in [1.165, 1.54) is 4.88 Å². The van der Waals surface area contributed by atoms with Crippen LogP contribution in [0.1, 0.15) is 10.8 Å². The number of anilines is 1. The maximum absolute atomic E-state index is 5.39. The Labute approximate surface area is 142 Å². The summed E-state index contributed by atoms with van der Waals surface area (Å²) in [5.74, 6) is 1.37. The highest BCUT2D eigenvalue weighted by molar-refractivity contribution is 7.15. The van der Waals surface area contributed by atoms with Gasteiger partial charge in [-0.3, -0.25) is 4.90 Å². The van der Waals surface area contributed by atoms with E-state index in [2.05, 4.69) is 31.8 Å². The van der Waals surface area contributed by atoms with Gasteiger partial charge in [-0.05, 0) is 18.4 Å². The van der Waals surface area contributed by atoms with Crippen LogP contribution < -0.4 is 4.90 Å². The van der Waals surface area contributed by atoms with Gasteiger partial charge < -0.3 is 9.42 Å². The van der Waals surface area contributed by atoms with Crippen LogP contribution in [-0.4, -0.2) is 46.2 Å². The van der Waals surface area contributed by atoms with E-state index < -0.39 is 0 Å². The van der Waals surface area contributed by atoms with Gasteiger partial charge in [-0.25, -0.2) is 4.98 Å². The molecule has 23 heavy (non-hydrogen) atoms. The van der Waals surface area contributed by atoms with Crippen LogP contribution in [0.3, 0.4) is 0 Å². The first-order chi connectivity index (χ1) is 11.3. The van der Waals surface area contributed by atoms with Crippen molar-refractivity contribution in [1.82, 2.24) is 20.0 Å². The molecule has 0 bridgehead atoms. The van der Waals surface area contributed by atoms with Gasteiger partial charge in [0.2, 0.25) is 11.7 Å². The topological polar surface area (TPSA) is 58.3 Å². The van der Waals surface area contributed by atoms with Gasteiger partial charge >= 0.3 is 0 Å². The normalized spacial score (nSPS) is 16.1. The molecule has 6 nitrogen and oxygen atoms in total. The predicted molar refractivity (Wildman–Crippen MR) is 92.0 cm³/mol. The summed E-state index contributed by atoms with van der Waals surface area (Å²) in [6.07, 6.45) is 1.94. The van der Waals surface area contributed by atoms with Crippen LogP contribution in [0.25, 0.3) is 10.7 Å². The number of aryl methyl sites for hydroxylation is 1. The number of rotatable bonds is 4. The molecule has 0 amide bonds. The molecule has 4 rings (SSSR count). The van der Waals surface area contributed by atoms with Gasteiger partial charge in [0.25, 0.3) is 0 Å². The highest BCUT2D eigenvalue weighted by Crippen LogP contribution is 2.24. The second kappa shape index (κ2) is 6.38. The van der Waals surface area contributed by atoms with E-state index in [-0.39, 0.29) is 0 Å². The van der Waals surface area contributed by atoms with Gasteiger partial charge in [0, 0.05) is 37.3 Å². The molecule has 4 heterocycles. The lowest BCUT2D eigenvalue weighted by Crippen LogP contribution is -2.46. The van der Waals surface area contributed by atoms with Gasteiger partial charge in [-0.15, -0.1) is 22.7 Å². The summed E-state index contributed by atoms with van der Waals surface area (Å²) in [6, 6.07) is 4.00. The van der Waals surface area contributed by atoms with Crippen molar-refractivity contribution < 1.29 is 4.52 Å². The van der Waals surface area contributed by atoms with Crippen LogP contribution in [0.4, 0.5) is 5.13 Å². The third kappa shape index (κ3) is 3.29. The quantitative estimate of drug-likeness (QED) is 0.723. The fourth-order valence-corrected chi connectivity index (χ4v) is 4.06. The molecule has 0 aliphatic carbocycles. The Kier molecular flexibility index (Phi) is 4.11. The van der Waals surface area contributed by atoms with E-state index in [1.54, 1.807) is 22.7 Å². The zero-order chi connectivity index (χ0) is 15.6. The van der Waals surface area contributed by atoms with Gasteiger partial charge in [-0.1, -0.05) is 11.2 Å². The van der Waals surface area contributed by atoms with Crippen LogP contribution in [0.15, 0.2) is 28.2 Å². The van der Waals surface area contributed by atoms with Crippen molar-refractivity contribution >= 4 is 27.8 Å². The van der Waals surface area contributed by atoms with E-state index in [0.717, 1.165) is 36.2 Å². The van der Waals surface area contributed by atoms with Gasteiger partial charge in [0.05, 0.1) is 11.4 Å². The van der Waals surface area contributed by atoms with Crippen molar-refractivity contribution in [2.45, 2.75) is 13.5 Å². The molecule has 0 N–H and O–H groups in total. The highest BCUT2D eigenvalue weighted by Gasteiger charge is 2.21. The SMILES string of the molecule is Cc1cnc(N2CCN(Cc3nc(-c4cccs4)no3)CC2)s1. The lowest BCUT2D eigenvalue weighted by molar-refractivity contribution is 0.215. The second-order valence-electron chi connectivity index (χ2n) is 5.51. The first-order valence-electron chi connectivity index (χ1n) is 7.54.